The summed E-state index contributed by atoms with van der Waals surface area (Å²) in [7, 11) is 0. The highest BCUT2D eigenvalue weighted by atomic mass is 79.9. The molecule has 1 heterocycles. The third-order valence-corrected chi connectivity index (χ3v) is 5.42. The van der Waals surface area contributed by atoms with Crippen molar-refractivity contribution < 1.29 is 4.79 Å². The van der Waals surface area contributed by atoms with Gasteiger partial charge in [0, 0.05) is 22.7 Å². The SMILES string of the molecule is Nc1ccc(Br)c(C(=O)N2CCC[C@H]3CCCC[C@H]32)c1. The van der Waals surface area contributed by atoms with Gasteiger partial charge in [-0.1, -0.05) is 12.8 Å². The van der Waals surface area contributed by atoms with Gasteiger partial charge in [0.2, 0.25) is 0 Å². The van der Waals surface area contributed by atoms with Gasteiger partial charge in [-0.25, -0.2) is 0 Å². The fraction of sp³-hybridized carbons (Fsp3) is 0.562. The summed E-state index contributed by atoms with van der Waals surface area (Å²) in [6.07, 6.45) is 7.44. The molecular formula is C16H21BrN2O. The van der Waals surface area contributed by atoms with Crippen LogP contribution in [0.15, 0.2) is 22.7 Å². The number of nitrogen functional groups attached to an aromatic ring is 1. The molecule has 1 saturated carbocycles. The molecule has 1 amide bonds. The van der Waals surface area contributed by atoms with Crippen LogP contribution in [0.2, 0.25) is 0 Å². The molecule has 0 aromatic heterocycles. The Kier molecular flexibility index (Phi) is 4.01. The Balaban J connectivity index is 1.87. The van der Waals surface area contributed by atoms with Crippen LogP contribution >= 0.6 is 15.9 Å². The van der Waals surface area contributed by atoms with Crippen molar-refractivity contribution in [2.24, 2.45) is 5.92 Å². The first-order valence-electron chi connectivity index (χ1n) is 7.53. The summed E-state index contributed by atoms with van der Waals surface area (Å²) >= 11 is 3.48. The Hall–Kier alpha value is -1.03. The van der Waals surface area contributed by atoms with E-state index in [1.807, 2.05) is 12.1 Å². The molecule has 0 spiro atoms. The average molecular weight is 337 g/mol. The summed E-state index contributed by atoms with van der Waals surface area (Å²) < 4.78 is 0.842. The lowest BCUT2D eigenvalue weighted by Gasteiger charge is -2.44. The lowest BCUT2D eigenvalue weighted by molar-refractivity contribution is 0.0390. The number of piperidine rings is 1. The maximum Gasteiger partial charge on any atom is 0.255 e. The molecular weight excluding hydrogens is 316 g/mol. The maximum absolute atomic E-state index is 12.9. The van der Waals surface area contributed by atoms with Crippen molar-refractivity contribution in [3.8, 4) is 0 Å². The highest BCUT2D eigenvalue weighted by molar-refractivity contribution is 9.10. The molecule has 2 aliphatic rings. The summed E-state index contributed by atoms with van der Waals surface area (Å²) in [4.78, 5) is 15.0. The van der Waals surface area contributed by atoms with Crippen LogP contribution in [0.4, 0.5) is 5.69 Å². The second-order valence-electron chi connectivity index (χ2n) is 5.99. The molecule has 1 aliphatic heterocycles. The largest absolute Gasteiger partial charge is 0.399 e. The lowest BCUT2D eigenvalue weighted by Crippen LogP contribution is -2.49. The molecule has 1 aromatic rings. The van der Waals surface area contributed by atoms with Crippen LogP contribution in [-0.2, 0) is 0 Å². The van der Waals surface area contributed by atoms with Gasteiger partial charge in [0.1, 0.15) is 0 Å². The number of hydrogen-bond donors (Lipinski definition) is 1. The summed E-state index contributed by atoms with van der Waals surface area (Å²) in [5.41, 5.74) is 7.19. The summed E-state index contributed by atoms with van der Waals surface area (Å²) in [5.74, 6) is 0.849. The number of likely N-dealkylation sites (tertiary alicyclic amines) is 1. The Labute approximate surface area is 128 Å². The Morgan fingerprint density at radius 2 is 1.95 bits per heavy atom. The third kappa shape index (κ3) is 2.58. The summed E-state index contributed by atoms with van der Waals surface area (Å²) in [6.45, 7) is 0.890. The smallest absolute Gasteiger partial charge is 0.255 e. The Morgan fingerprint density at radius 1 is 1.20 bits per heavy atom. The topological polar surface area (TPSA) is 46.3 Å². The first-order valence-corrected chi connectivity index (χ1v) is 8.32. The quantitative estimate of drug-likeness (QED) is 0.792. The van der Waals surface area contributed by atoms with Crippen LogP contribution in [0.3, 0.4) is 0 Å². The van der Waals surface area contributed by atoms with Crippen LogP contribution in [-0.4, -0.2) is 23.4 Å². The van der Waals surface area contributed by atoms with E-state index in [-0.39, 0.29) is 5.91 Å². The lowest BCUT2D eigenvalue weighted by atomic mass is 9.78. The van der Waals surface area contributed by atoms with Crippen molar-refractivity contribution in [3.05, 3.63) is 28.2 Å². The minimum atomic E-state index is 0.140. The van der Waals surface area contributed by atoms with E-state index >= 15 is 0 Å². The first kappa shape index (κ1) is 13.9. The summed E-state index contributed by atoms with van der Waals surface area (Å²) in [5, 5.41) is 0. The van der Waals surface area contributed by atoms with Gasteiger partial charge in [-0.2, -0.15) is 0 Å². The molecule has 2 fully saturated rings. The fourth-order valence-corrected chi connectivity index (χ4v) is 4.15. The van der Waals surface area contributed by atoms with Crippen LogP contribution < -0.4 is 5.73 Å². The molecule has 0 radical (unpaired) electrons. The van der Waals surface area contributed by atoms with Crippen LogP contribution in [0.1, 0.15) is 48.9 Å². The second-order valence-corrected chi connectivity index (χ2v) is 6.85. The van der Waals surface area contributed by atoms with E-state index in [4.69, 9.17) is 5.73 Å². The van der Waals surface area contributed by atoms with E-state index in [9.17, 15) is 4.79 Å². The number of anilines is 1. The zero-order valence-corrected chi connectivity index (χ0v) is 13.2. The molecule has 20 heavy (non-hydrogen) atoms. The van der Waals surface area contributed by atoms with Gasteiger partial charge in [0.15, 0.2) is 0 Å². The zero-order valence-electron chi connectivity index (χ0n) is 11.6. The second kappa shape index (κ2) is 5.76. The van der Waals surface area contributed by atoms with E-state index in [1.165, 1.54) is 25.7 Å². The van der Waals surface area contributed by atoms with E-state index in [1.54, 1.807) is 6.07 Å². The van der Waals surface area contributed by atoms with Gasteiger partial charge in [0.25, 0.3) is 5.91 Å². The number of fused-ring (bicyclic) bond motifs is 1. The molecule has 1 aliphatic carbocycles. The van der Waals surface area contributed by atoms with Crippen molar-refractivity contribution in [1.29, 1.82) is 0 Å². The molecule has 2 atom stereocenters. The van der Waals surface area contributed by atoms with Gasteiger partial charge in [-0.15, -0.1) is 0 Å². The van der Waals surface area contributed by atoms with Gasteiger partial charge in [-0.3, -0.25) is 4.79 Å². The fourth-order valence-electron chi connectivity index (χ4n) is 3.74. The Morgan fingerprint density at radius 3 is 2.80 bits per heavy atom. The number of nitrogens with zero attached hydrogens (tertiary/aromatic N) is 1. The van der Waals surface area contributed by atoms with E-state index in [0.29, 0.717) is 23.2 Å². The number of halogens is 1. The number of hydrogen-bond acceptors (Lipinski definition) is 2. The maximum atomic E-state index is 12.9. The van der Waals surface area contributed by atoms with Crippen LogP contribution in [0.5, 0.6) is 0 Å². The molecule has 108 valence electrons. The number of rotatable bonds is 1. The van der Waals surface area contributed by atoms with Crippen molar-refractivity contribution in [3.63, 3.8) is 0 Å². The average Bonchev–Trinajstić information content (AvgIpc) is 2.48. The number of carbonyl (C=O) groups is 1. The third-order valence-electron chi connectivity index (χ3n) is 4.72. The molecule has 4 heteroatoms. The van der Waals surface area contributed by atoms with Crippen LogP contribution in [0.25, 0.3) is 0 Å². The van der Waals surface area contributed by atoms with Crippen molar-refractivity contribution >= 4 is 27.5 Å². The number of benzene rings is 1. The first-order chi connectivity index (χ1) is 9.66. The highest BCUT2D eigenvalue weighted by Crippen LogP contribution is 2.36. The normalized spacial score (nSPS) is 26.1. The number of nitrogens with two attached hydrogens (primary N) is 1. The minimum absolute atomic E-state index is 0.140. The van der Waals surface area contributed by atoms with Gasteiger partial charge < -0.3 is 10.6 Å². The minimum Gasteiger partial charge on any atom is -0.399 e. The molecule has 0 unspecified atom stereocenters. The van der Waals surface area contributed by atoms with E-state index in [0.717, 1.165) is 23.9 Å². The molecule has 2 N–H and O–H groups in total. The standard InChI is InChI=1S/C16H21BrN2O/c17-14-8-7-12(18)10-13(14)16(20)19-9-3-5-11-4-1-2-6-15(11)19/h7-8,10-11,15H,1-6,9,18H2/t11-,15-/m1/s1. The van der Waals surface area contributed by atoms with Gasteiger partial charge >= 0.3 is 0 Å². The number of carbonyl (C=O) groups excluding carboxylic acids is 1. The monoisotopic (exact) mass is 336 g/mol. The molecule has 1 aromatic carbocycles. The predicted molar refractivity (Wildman–Crippen MR) is 84.6 cm³/mol. The van der Waals surface area contributed by atoms with E-state index < -0.39 is 0 Å². The molecule has 3 rings (SSSR count). The van der Waals surface area contributed by atoms with Crippen molar-refractivity contribution in [2.45, 2.75) is 44.6 Å². The Bertz CT molecular complexity index is 515. The van der Waals surface area contributed by atoms with Crippen LogP contribution in [0, 0.1) is 5.92 Å². The van der Waals surface area contributed by atoms with Crippen molar-refractivity contribution in [2.75, 3.05) is 12.3 Å². The highest BCUT2D eigenvalue weighted by Gasteiger charge is 2.36. The number of amides is 1. The van der Waals surface area contributed by atoms with Gasteiger partial charge in [0.05, 0.1) is 5.56 Å². The van der Waals surface area contributed by atoms with E-state index in [2.05, 4.69) is 20.8 Å². The van der Waals surface area contributed by atoms with Crippen molar-refractivity contribution in [1.82, 2.24) is 4.90 Å². The van der Waals surface area contributed by atoms with Gasteiger partial charge in [-0.05, 0) is 65.7 Å². The summed E-state index contributed by atoms with van der Waals surface area (Å²) in [6, 6.07) is 5.92. The predicted octanol–water partition coefficient (Wildman–Crippen LogP) is 3.83. The molecule has 1 saturated heterocycles. The zero-order chi connectivity index (χ0) is 14.1. The molecule has 3 nitrogen and oxygen atoms in total. The molecule has 0 bridgehead atoms.